The van der Waals surface area contributed by atoms with Crippen LogP contribution in [0.1, 0.15) is 10.4 Å². The number of benzene rings is 1. The maximum atomic E-state index is 13.0. The Balaban J connectivity index is 2.68. The summed E-state index contributed by atoms with van der Waals surface area (Å²) in [5, 5.41) is 10.5. The quantitative estimate of drug-likeness (QED) is 0.467. The minimum absolute atomic E-state index is 0.0690. The maximum Gasteiger partial charge on any atom is 0.305 e. The van der Waals surface area contributed by atoms with Gasteiger partial charge in [-0.15, -0.1) is 0 Å². The summed E-state index contributed by atoms with van der Waals surface area (Å²) in [6.07, 6.45) is 0. The molecule has 1 rings (SSSR count). The smallest absolute Gasteiger partial charge is 0.305 e. The van der Waals surface area contributed by atoms with E-state index in [0.29, 0.717) is 0 Å². The molecule has 1 amide bonds. The molecular weight excluding hydrogens is 247 g/mol. The third-order valence-corrected chi connectivity index (χ3v) is 1.96. The Bertz CT molecular complexity index is 452. The molecule has 0 fully saturated rings. The highest BCUT2D eigenvalue weighted by atomic mass is 19.1. The van der Waals surface area contributed by atoms with Crippen molar-refractivity contribution in [1.82, 2.24) is 5.48 Å². The van der Waals surface area contributed by atoms with Gasteiger partial charge in [-0.1, -0.05) is 0 Å². The number of halogens is 1. The predicted molar refractivity (Wildman–Crippen MR) is 58.3 cm³/mol. The van der Waals surface area contributed by atoms with E-state index in [-0.39, 0.29) is 18.8 Å². The van der Waals surface area contributed by atoms with Crippen LogP contribution in [0.5, 0.6) is 0 Å². The average molecular weight is 258 g/mol. The summed E-state index contributed by atoms with van der Waals surface area (Å²) in [7, 11) is 1.47. The van der Waals surface area contributed by atoms with E-state index in [1.807, 2.05) is 0 Å². The molecule has 0 bridgehead atoms. The number of hydrogen-bond donors (Lipinski definition) is 1. The number of ether oxygens (including phenoxy) is 1. The Hall–Kier alpha value is -2.06. The van der Waals surface area contributed by atoms with Crippen LogP contribution in [0.2, 0.25) is 0 Å². The summed E-state index contributed by atoms with van der Waals surface area (Å²) in [5.74, 6) is -1.70. The normalized spacial score (nSPS) is 10.1. The van der Waals surface area contributed by atoms with Gasteiger partial charge in [0.25, 0.3) is 5.91 Å². The molecule has 0 spiro atoms. The third-order valence-electron chi connectivity index (χ3n) is 1.96. The Morgan fingerprint density at radius 2 is 2.22 bits per heavy atom. The molecule has 0 saturated heterocycles. The zero-order valence-electron chi connectivity index (χ0n) is 9.51. The molecule has 0 aliphatic rings. The summed E-state index contributed by atoms with van der Waals surface area (Å²) >= 11 is 0. The highest BCUT2D eigenvalue weighted by molar-refractivity contribution is 5.94. The van der Waals surface area contributed by atoms with Gasteiger partial charge in [0.2, 0.25) is 5.82 Å². The van der Waals surface area contributed by atoms with Gasteiger partial charge in [0.05, 0.1) is 18.1 Å². The number of nitro groups is 1. The molecule has 0 unspecified atom stereocenters. The van der Waals surface area contributed by atoms with Gasteiger partial charge in [0.1, 0.15) is 0 Å². The van der Waals surface area contributed by atoms with Gasteiger partial charge in [0, 0.05) is 18.7 Å². The van der Waals surface area contributed by atoms with Crippen molar-refractivity contribution < 1.29 is 23.7 Å². The number of hydroxylamine groups is 1. The molecule has 0 radical (unpaired) electrons. The van der Waals surface area contributed by atoms with E-state index < -0.39 is 22.3 Å². The van der Waals surface area contributed by atoms with Crippen LogP contribution in [0.3, 0.4) is 0 Å². The van der Waals surface area contributed by atoms with Gasteiger partial charge in [-0.2, -0.15) is 4.39 Å². The molecule has 18 heavy (non-hydrogen) atoms. The molecule has 7 nitrogen and oxygen atoms in total. The molecular formula is C10H11FN2O5. The van der Waals surface area contributed by atoms with Crippen molar-refractivity contribution in [2.24, 2.45) is 0 Å². The van der Waals surface area contributed by atoms with Gasteiger partial charge in [-0.25, -0.2) is 5.48 Å². The number of nitro benzene ring substituents is 1. The molecule has 0 aliphatic carbocycles. The number of rotatable bonds is 6. The minimum Gasteiger partial charge on any atom is -0.382 e. The first kappa shape index (κ1) is 14.0. The zero-order valence-corrected chi connectivity index (χ0v) is 9.51. The number of carbonyl (C=O) groups is 1. The van der Waals surface area contributed by atoms with Crippen molar-refractivity contribution in [2.45, 2.75) is 0 Å². The number of nitrogens with zero attached hydrogens (tertiary/aromatic N) is 1. The van der Waals surface area contributed by atoms with Crippen LogP contribution in [-0.2, 0) is 9.57 Å². The molecule has 98 valence electrons. The minimum atomic E-state index is -1.00. The Morgan fingerprint density at radius 3 is 2.83 bits per heavy atom. The van der Waals surface area contributed by atoms with Crippen LogP contribution in [0.15, 0.2) is 18.2 Å². The van der Waals surface area contributed by atoms with Crippen molar-refractivity contribution >= 4 is 11.6 Å². The summed E-state index contributed by atoms with van der Waals surface area (Å²) in [6.45, 7) is 0.412. The number of carbonyl (C=O) groups excluding carboxylic acids is 1. The van der Waals surface area contributed by atoms with Crippen molar-refractivity contribution in [3.8, 4) is 0 Å². The largest absolute Gasteiger partial charge is 0.382 e. The second-order valence-corrected chi connectivity index (χ2v) is 3.20. The fourth-order valence-electron chi connectivity index (χ4n) is 1.09. The fraction of sp³-hybridized carbons (Fsp3) is 0.300. The highest BCUT2D eigenvalue weighted by Crippen LogP contribution is 2.18. The van der Waals surface area contributed by atoms with Crippen molar-refractivity contribution in [3.63, 3.8) is 0 Å². The van der Waals surface area contributed by atoms with Crippen LogP contribution >= 0.6 is 0 Å². The van der Waals surface area contributed by atoms with E-state index in [2.05, 4.69) is 10.2 Å². The van der Waals surface area contributed by atoms with E-state index in [9.17, 15) is 19.3 Å². The second-order valence-electron chi connectivity index (χ2n) is 3.20. The first-order valence-corrected chi connectivity index (χ1v) is 4.91. The molecule has 8 heteroatoms. The van der Waals surface area contributed by atoms with Crippen molar-refractivity contribution in [3.05, 3.63) is 39.7 Å². The van der Waals surface area contributed by atoms with Crippen LogP contribution in [0.4, 0.5) is 10.1 Å². The van der Waals surface area contributed by atoms with Gasteiger partial charge in [-0.3, -0.25) is 19.7 Å². The maximum absolute atomic E-state index is 13.0. The van der Waals surface area contributed by atoms with Crippen LogP contribution in [-0.4, -0.2) is 31.2 Å². The highest BCUT2D eigenvalue weighted by Gasteiger charge is 2.17. The van der Waals surface area contributed by atoms with E-state index >= 15 is 0 Å². The first-order valence-electron chi connectivity index (χ1n) is 4.91. The average Bonchev–Trinajstić information content (AvgIpc) is 2.34. The van der Waals surface area contributed by atoms with Gasteiger partial charge >= 0.3 is 5.69 Å². The number of methoxy groups -OCH3 is 1. The van der Waals surface area contributed by atoms with Crippen LogP contribution in [0, 0.1) is 15.9 Å². The summed E-state index contributed by atoms with van der Waals surface area (Å²) < 4.78 is 17.7. The fourth-order valence-corrected chi connectivity index (χ4v) is 1.09. The molecule has 0 atom stereocenters. The van der Waals surface area contributed by atoms with Gasteiger partial charge < -0.3 is 4.74 Å². The molecule has 1 aromatic carbocycles. The molecule has 0 heterocycles. The van der Waals surface area contributed by atoms with E-state index in [4.69, 9.17) is 4.84 Å². The van der Waals surface area contributed by atoms with Gasteiger partial charge in [0.15, 0.2) is 0 Å². The SMILES string of the molecule is COCCONC(=O)c1ccc(F)c([N+](=O)[O-])c1. The van der Waals surface area contributed by atoms with Crippen molar-refractivity contribution in [1.29, 1.82) is 0 Å². The standard InChI is InChI=1S/C10H11FN2O5/c1-17-4-5-18-12-10(14)7-2-3-8(11)9(6-7)13(15)16/h2-3,6H,4-5H2,1H3,(H,12,14). The van der Waals surface area contributed by atoms with Crippen molar-refractivity contribution in [2.75, 3.05) is 20.3 Å². The van der Waals surface area contributed by atoms with Gasteiger partial charge in [-0.05, 0) is 12.1 Å². The Kier molecular flexibility index (Phi) is 5.15. The van der Waals surface area contributed by atoms with Crippen LogP contribution < -0.4 is 5.48 Å². The number of amides is 1. The van der Waals surface area contributed by atoms with Crippen LogP contribution in [0.25, 0.3) is 0 Å². The lowest BCUT2D eigenvalue weighted by Gasteiger charge is -2.05. The molecule has 1 aromatic rings. The number of nitrogens with one attached hydrogen (secondary N) is 1. The molecule has 0 aliphatic heterocycles. The molecule has 0 aromatic heterocycles. The molecule has 1 N–H and O–H groups in total. The van der Waals surface area contributed by atoms with E-state index in [0.717, 1.165) is 18.2 Å². The monoisotopic (exact) mass is 258 g/mol. The lowest BCUT2D eigenvalue weighted by Crippen LogP contribution is -2.25. The summed E-state index contributed by atoms with van der Waals surface area (Å²) in [6, 6.07) is 2.81. The predicted octanol–water partition coefficient (Wildman–Crippen LogP) is 1.04. The zero-order chi connectivity index (χ0) is 13.5. The lowest BCUT2D eigenvalue weighted by molar-refractivity contribution is -0.387. The van der Waals surface area contributed by atoms with E-state index in [1.54, 1.807) is 0 Å². The topological polar surface area (TPSA) is 90.7 Å². The molecule has 0 saturated carbocycles. The summed E-state index contributed by atoms with van der Waals surface area (Å²) in [5.41, 5.74) is 1.22. The number of hydrogen-bond acceptors (Lipinski definition) is 5. The second kappa shape index (κ2) is 6.62. The third kappa shape index (κ3) is 3.75. The van der Waals surface area contributed by atoms with E-state index in [1.165, 1.54) is 7.11 Å². The lowest BCUT2D eigenvalue weighted by atomic mass is 10.2. The Morgan fingerprint density at radius 1 is 1.50 bits per heavy atom. The summed E-state index contributed by atoms with van der Waals surface area (Å²) in [4.78, 5) is 25.8. The Labute approximate surface area is 102 Å². The first-order chi connectivity index (χ1) is 8.56.